The fourth-order valence-electron chi connectivity index (χ4n) is 2.00. The Balaban J connectivity index is 0.000000568. The van der Waals surface area contributed by atoms with E-state index in [0.717, 1.165) is 6.54 Å². The molecule has 0 aliphatic carbocycles. The van der Waals surface area contributed by atoms with Gasteiger partial charge in [0.2, 0.25) is 11.6 Å². The molecular weight excluding hydrogens is 408 g/mol. The van der Waals surface area contributed by atoms with E-state index in [0.29, 0.717) is 0 Å². The Morgan fingerprint density at radius 3 is 0.929 bits per heavy atom. The van der Waals surface area contributed by atoms with Gasteiger partial charge in [-0.15, -0.1) is 0 Å². The maximum Gasteiger partial charge on any atom is 0.200 e. The maximum atomic E-state index is 13.4. The Morgan fingerprint density at radius 2 is 0.750 bits per heavy atom. The van der Waals surface area contributed by atoms with E-state index >= 15 is 0 Å². The van der Waals surface area contributed by atoms with E-state index in [1.807, 2.05) is 7.05 Å². The highest BCUT2D eigenvalue weighted by atomic mass is 19.2. The number of rotatable bonds is 4. The predicted octanol–water partition coefficient (Wildman–Crippen LogP) is 5.75. The van der Waals surface area contributed by atoms with Crippen molar-refractivity contribution in [3.05, 3.63) is 58.2 Å². The van der Waals surface area contributed by atoms with Crippen LogP contribution in [0.2, 0.25) is 0 Å². The summed E-state index contributed by atoms with van der Waals surface area (Å²) < 4.78 is 131. The average molecular weight is 421 g/mol. The predicted molar refractivity (Wildman–Crippen MR) is 80.3 cm³/mol. The highest BCUT2D eigenvalue weighted by Gasteiger charge is 2.34. The lowest BCUT2D eigenvalue weighted by atomic mass is 10.0. The van der Waals surface area contributed by atoms with Gasteiger partial charge in [0.15, 0.2) is 46.5 Å². The van der Waals surface area contributed by atoms with Gasteiger partial charge in [0.25, 0.3) is 0 Å². The molecule has 0 aliphatic rings. The zero-order valence-electron chi connectivity index (χ0n) is 14.4. The topological polar surface area (TPSA) is 12.0 Å². The van der Waals surface area contributed by atoms with Crippen molar-refractivity contribution in [1.29, 1.82) is 0 Å². The van der Waals surface area contributed by atoms with Crippen molar-refractivity contribution in [2.45, 2.75) is 19.8 Å². The zero-order chi connectivity index (χ0) is 21.8. The molecule has 11 heteroatoms. The van der Waals surface area contributed by atoms with E-state index in [2.05, 4.69) is 12.2 Å². The molecule has 0 amide bonds. The van der Waals surface area contributed by atoms with Crippen molar-refractivity contribution in [3.8, 4) is 11.1 Å². The van der Waals surface area contributed by atoms with Gasteiger partial charge in [-0.3, -0.25) is 0 Å². The van der Waals surface area contributed by atoms with Crippen molar-refractivity contribution >= 4 is 0 Å². The molecule has 0 saturated carbocycles. The van der Waals surface area contributed by atoms with Gasteiger partial charge < -0.3 is 5.32 Å². The van der Waals surface area contributed by atoms with E-state index in [1.54, 1.807) is 0 Å². The Hall–Kier alpha value is -2.30. The van der Waals surface area contributed by atoms with Crippen LogP contribution in [0.4, 0.5) is 43.9 Å². The van der Waals surface area contributed by atoms with E-state index < -0.39 is 69.3 Å². The molecule has 0 fully saturated rings. The van der Waals surface area contributed by atoms with E-state index in [1.165, 1.54) is 12.8 Å². The summed E-state index contributed by atoms with van der Waals surface area (Å²) in [6.07, 6.45) is 2.59. The smallest absolute Gasteiger partial charge is 0.200 e. The lowest BCUT2D eigenvalue weighted by Gasteiger charge is -2.11. The molecule has 0 heterocycles. The van der Waals surface area contributed by atoms with Crippen LogP contribution in [0, 0.1) is 58.2 Å². The van der Waals surface area contributed by atoms with Crippen LogP contribution in [-0.4, -0.2) is 13.6 Å². The lowest BCUT2D eigenvalue weighted by molar-refractivity contribution is 0.370. The van der Waals surface area contributed by atoms with Crippen LogP contribution >= 0.6 is 0 Å². The molecule has 0 spiro atoms. The summed E-state index contributed by atoms with van der Waals surface area (Å²) in [6, 6.07) is 0. The normalized spacial score (nSPS) is 10.7. The van der Waals surface area contributed by atoms with E-state index in [9.17, 15) is 43.9 Å². The number of hydrogen-bond donors (Lipinski definition) is 1. The van der Waals surface area contributed by atoms with Gasteiger partial charge in [-0.2, -0.15) is 0 Å². The monoisotopic (exact) mass is 421 g/mol. The Morgan fingerprint density at radius 1 is 0.500 bits per heavy atom. The van der Waals surface area contributed by atoms with Crippen LogP contribution in [0.5, 0.6) is 0 Å². The summed E-state index contributed by atoms with van der Waals surface area (Å²) >= 11 is 0. The fourth-order valence-corrected chi connectivity index (χ4v) is 2.00. The van der Waals surface area contributed by atoms with Gasteiger partial charge >= 0.3 is 0 Å². The highest BCUT2D eigenvalue weighted by Crippen LogP contribution is 2.37. The largest absolute Gasteiger partial charge is 0.320 e. The van der Waals surface area contributed by atoms with Gasteiger partial charge in [0.05, 0.1) is 11.1 Å². The minimum atomic E-state index is -2.68. The summed E-state index contributed by atoms with van der Waals surface area (Å²) in [5.41, 5.74) is -4.52. The summed E-state index contributed by atoms with van der Waals surface area (Å²) in [4.78, 5) is 0. The van der Waals surface area contributed by atoms with Crippen molar-refractivity contribution in [1.82, 2.24) is 5.32 Å². The molecular formula is C17H13F10N. The quantitative estimate of drug-likeness (QED) is 0.287. The first-order valence-corrected chi connectivity index (χ1v) is 7.70. The summed E-state index contributed by atoms with van der Waals surface area (Å²) in [6.45, 7) is 3.36. The third-order valence-electron chi connectivity index (χ3n) is 3.45. The minimum absolute atomic E-state index is 1.16. The van der Waals surface area contributed by atoms with Crippen LogP contribution < -0.4 is 5.32 Å². The van der Waals surface area contributed by atoms with Crippen molar-refractivity contribution in [2.75, 3.05) is 13.6 Å². The van der Waals surface area contributed by atoms with Crippen LogP contribution in [0.15, 0.2) is 0 Å². The summed E-state index contributed by atoms with van der Waals surface area (Å²) in [7, 11) is 1.98. The standard InChI is InChI=1S/C12F10.C5H13N/c13-3-1(4(14)8(18)11(21)7(3)17)2-5(15)9(19)12(22)10(20)6(2)16;1-3-4-5-6-2/h;6H,3-5H2,1-2H3. The van der Waals surface area contributed by atoms with Gasteiger partial charge in [-0.05, 0) is 20.0 Å². The molecule has 0 bridgehead atoms. The first-order chi connectivity index (χ1) is 13.0. The Kier molecular flexibility index (Phi) is 8.28. The molecule has 1 nitrogen and oxygen atoms in total. The molecule has 0 atom stereocenters. The summed E-state index contributed by atoms with van der Waals surface area (Å²) in [5, 5.41) is 3.07. The summed E-state index contributed by atoms with van der Waals surface area (Å²) in [5.74, 6) is -26.6. The van der Waals surface area contributed by atoms with E-state index in [-0.39, 0.29) is 0 Å². The average Bonchev–Trinajstić information content (AvgIpc) is 2.69. The van der Waals surface area contributed by atoms with Crippen LogP contribution in [-0.2, 0) is 0 Å². The molecule has 2 rings (SSSR count). The number of halogens is 10. The van der Waals surface area contributed by atoms with Crippen LogP contribution in [0.25, 0.3) is 11.1 Å². The van der Waals surface area contributed by atoms with E-state index in [4.69, 9.17) is 0 Å². The van der Waals surface area contributed by atoms with Crippen molar-refractivity contribution < 1.29 is 43.9 Å². The molecule has 2 aromatic carbocycles. The second kappa shape index (κ2) is 9.76. The Bertz CT molecular complexity index is 736. The molecule has 0 saturated heterocycles. The zero-order valence-corrected chi connectivity index (χ0v) is 14.4. The lowest BCUT2D eigenvalue weighted by Crippen LogP contribution is -2.10. The molecule has 0 aromatic heterocycles. The third kappa shape index (κ3) is 4.40. The second-order valence-electron chi connectivity index (χ2n) is 5.35. The second-order valence-corrected chi connectivity index (χ2v) is 5.35. The van der Waals surface area contributed by atoms with Crippen LogP contribution in [0.3, 0.4) is 0 Å². The molecule has 1 N–H and O–H groups in total. The number of benzene rings is 2. The Labute approximate surface area is 153 Å². The molecule has 156 valence electrons. The van der Waals surface area contributed by atoms with Crippen molar-refractivity contribution in [2.24, 2.45) is 0 Å². The van der Waals surface area contributed by atoms with Gasteiger partial charge in [0.1, 0.15) is 0 Å². The molecule has 28 heavy (non-hydrogen) atoms. The molecule has 0 unspecified atom stereocenters. The number of hydrogen-bond acceptors (Lipinski definition) is 1. The first-order valence-electron chi connectivity index (χ1n) is 7.70. The van der Waals surface area contributed by atoms with Gasteiger partial charge in [-0.1, -0.05) is 13.3 Å². The number of unbranched alkanes of at least 4 members (excludes halogenated alkanes) is 1. The number of nitrogens with one attached hydrogen (secondary N) is 1. The molecule has 2 aromatic rings. The minimum Gasteiger partial charge on any atom is -0.320 e. The van der Waals surface area contributed by atoms with Gasteiger partial charge in [-0.25, -0.2) is 43.9 Å². The molecule has 0 aliphatic heterocycles. The first kappa shape index (κ1) is 23.7. The molecule has 0 radical (unpaired) electrons. The maximum absolute atomic E-state index is 13.4. The highest BCUT2D eigenvalue weighted by molar-refractivity contribution is 5.67. The van der Waals surface area contributed by atoms with Crippen molar-refractivity contribution in [3.63, 3.8) is 0 Å². The fraction of sp³-hybridized carbons (Fsp3) is 0.294. The third-order valence-corrected chi connectivity index (χ3v) is 3.45. The SMILES string of the molecule is CCCCNC.Fc1c(F)c(F)c(-c2c(F)c(F)c(F)c(F)c2F)c(F)c1F. The van der Waals surface area contributed by atoms with Gasteiger partial charge in [0, 0.05) is 0 Å². The van der Waals surface area contributed by atoms with Crippen LogP contribution in [0.1, 0.15) is 19.8 Å².